The van der Waals surface area contributed by atoms with Crippen molar-refractivity contribution < 1.29 is 80.2 Å². The first-order valence-corrected chi connectivity index (χ1v) is 38.3. The van der Waals surface area contributed by atoms with E-state index in [1.54, 1.807) is 0 Å². The highest BCUT2D eigenvalue weighted by atomic mass is 31.2. The van der Waals surface area contributed by atoms with Crippen LogP contribution in [0.1, 0.15) is 331 Å². The number of hydrogen-bond acceptors (Lipinski definition) is 15. The molecule has 0 saturated carbocycles. The number of aliphatic hydroxyl groups excluding tert-OH is 1. The van der Waals surface area contributed by atoms with Gasteiger partial charge in [-0.3, -0.25) is 37.3 Å². The van der Waals surface area contributed by atoms with Crippen LogP contribution in [-0.4, -0.2) is 96.7 Å². The number of carbonyl (C=O) groups excluding carboxylic acids is 4. The average molecular weight is 1280 g/mol. The lowest BCUT2D eigenvalue weighted by Crippen LogP contribution is -2.30. The number of unbranched alkanes of at least 4 members (excludes halogenated alkanes) is 29. The molecule has 0 amide bonds. The topological polar surface area (TPSA) is 237 Å². The minimum atomic E-state index is -4.95. The zero-order valence-electron chi connectivity index (χ0n) is 56.6. The molecule has 0 aliphatic carbocycles. The van der Waals surface area contributed by atoms with Gasteiger partial charge in [-0.25, -0.2) is 9.13 Å². The molecule has 4 unspecified atom stereocenters. The molecule has 17 nitrogen and oxygen atoms in total. The number of carbonyl (C=O) groups is 4. The van der Waals surface area contributed by atoms with Gasteiger partial charge in [-0.2, -0.15) is 0 Å². The Morgan fingerprint density at radius 1 is 0.322 bits per heavy atom. The first-order chi connectivity index (χ1) is 41.7. The number of phosphoric ester groups is 2. The number of aliphatic hydroxyl groups is 1. The maximum atomic E-state index is 13.0. The number of hydrogen-bond donors (Lipinski definition) is 3. The molecule has 19 heteroatoms. The van der Waals surface area contributed by atoms with E-state index in [0.29, 0.717) is 31.6 Å². The van der Waals surface area contributed by atoms with Gasteiger partial charge < -0.3 is 33.8 Å². The van der Waals surface area contributed by atoms with E-state index in [-0.39, 0.29) is 25.7 Å². The molecule has 0 aliphatic heterocycles. The zero-order chi connectivity index (χ0) is 64.7. The molecular weight excluding hydrogens is 1150 g/mol. The minimum absolute atomic E-state index is 0.101. The molecule has 7 atom stereocenters. The van der Waals surface area contributed by atoms with Crippen LogP contribution in [-0.2, 0) is 65.4 Å². The van der Waals surface area contributed by atoms with Crippen LogP contribution >= 0.6 is 15.6 Å². The van der Waals surface area contributed by atoms with E-state index >= 15 is 0 Å². The fraction of sp³-hybridized carbons (Fsp3) is 0.941. The Bertz CT molecular complexity index is 1730. The maximum Gasteiger partial charge on any atom is 0.472 e. The maximum absolute atomic E-state index is 13.0. The molecule has 0 rings (SSSR count). The first-order valence-electron chi connectivity index (χ1n) is 35.3. The van der Waals surface area contributed by atoms with Crippen LogP contribution in [0.25, 0.3) is 0 Å². The van der Waals surface area contributed by atoms with Gasteiger partial charge in [0.1, 0.15) is 19.3 Å². The van der Waals surface area contributed by atoms with Gasteiger partial charge in [0, 0.05) is 25.7 Å². The van der Waals surface area contributed by atoms with Crippen LogP contribution in [0.2, 0.25) is 0 Å². The molecule has 0 radical (unpaired) electrons. The van der Waals surface area contributed by atoms with Crippen LogP contribution in [0, 0.1) is 23.7 Å². The smallest absolute Gasteiger partial charge is 0.462 e. The SMILES string of the molecule is CCC(C)CCCCCCCCCCC(=O)O[C@H](COC(=O)CCCCCCCCCCCCCCCC(C)C)COP(=O)(O)OC[C@@H](O)COP(=O)(O)OC[C@@H](COC(=O)CCCCCCCCC(C)C)OC(=O)CCCCCCCCC(C)CC. The Hall–Kier alpha value is -1.94. The predicted octanol–water partition coefficient (Wildman–Crippen LogP) is 18.9. The average Bonchev–Trinajstić information content (AvgIpc) is 3.69. The van der Waals surface area contributed by atoms with E-state index in [1.807, 2.05) is 0 Å². The van der Waals surface area contributed by atoms with Crippen molar-refractivity contribution in [2.24, 2.45) is 23.7 Å². The first kappa shape index (κ1) is 85.1. The number of esters is 4. The summed E-state index contributed by atoms with van der Waals surface area (Å²) in [7, 11) is -9.90. The number of phosphoric acid groups is 2. The molecule has 0 bridgehead atoms. The van der Waals surface area contributed by atoms with Crippen LogP contribution in [0.15, 0.2) is 0 Å². The van der Waals surface area contributed by atoms with Crippen molar-refractivity contribution in [2.45, 2.75) is 350 Å². The van der Waals surface area contributed by atoms with Crippen molar-refractivity contribution in [3.63, 3.8) is 0 Å². The lowest BCUT2D eigenvalue weighted by atomic mass is 9.99. The van der Waals surface area contributed by atoms with E-state index in [2.05, 4.69) is 55.4 Å². The highest BCUT2D eigenvalue weighted by molar-refractivity contribution is 7.47. The van der Waals surface area contributed by atoms with Crippen molar-refractivity contribution in [1.82, 2.24) is 0 Å². The third-order valence-corrected chi connectivity index (χ3v) is 18.2. The Balaban J connectivity index is 5.23. The van der Waals surface area contributed by atoms with Crippen LogP contribution < -0.4 is 0 Å². The Labute approximate surface area is 530 Å². The third kappa shape index (κ3) is 60.1. The Morgan fingerprint density at radius 2 is 0.552 bits per heavy atom. The van der Waals surface area contributed by atoms with Crippen molar-refractivity contribution in [3.8, 4) is 0 Å². The van der Waals surface area contributed by atoms with Crippen LogP contribution in [0.3, 0.4) is 0 Å². The van der Waals surface area contributed by atoms with E-state index in [1.165, 1.54) is 128 Å². The van der Waals surface area contributed by atoms with E-state index in [9.17, 15) is 43.2 Å². The number of rotatable bonds is 65. The second-order valence-electron chi connectivity index (χ2n) is 26.0. The highest BCUT2D eigenvalue weighted by Crippen LogP contribution is 2.45. The molecule has 0 aromatic rings. The van der Waals surface area contributed by atoms with Crippen molar-refractivity contribution in [1.29, 1.82) is 0 Å². The van der Waals surface area contributed by atoms with E-state index < -0.39 is 97.5 Å². The molecule has 87 heavy (non-hydrogen) atoms. The van der Waals surface area contributed by atoms with Crippen molar-refractivity contribution in [3.05, 3.63) is 0 Å². The third-order valence-electron chi connectivity index (χ3n) is 16.3. The zero-order valence-corrected chi connectivity index (χ0v) is 58.4. The second kappa shape index (κ2) is 57.9. The molecule has 0 saturated heterocycles. The molecule has 0 aromatic carbocycles. The summed E-state index contributed by atoms with van der Waals surface area (Å²) in [5, 5.41) is 10.6. The Kier molecular flexibility index (Phi) is 56.6. The molecule has 516 valence electrons. The van der Waals surface area contributed by atoms with Gasteiger partial charge in [0.25, 0.3) is 0 Å². The molecule has 0 spiro atoms. The van der Waals surface area contributed by atoms with Gasteiger partial charge in [0.05, 0.1) is 26.4 Å². The van der Waals surface area contributed by atoms with E-state index in [4.69, 9.17) is 37.0 Å². The lowest BCUT2D eigenvalue weighted by Gasteiger charge is -2.21. The highest BCUT2D eigenvalue weighted by Gasteiger charge is 2.30. The van der Waals surface area contributed by atoms with Gasteiger partial charge in [-0.1, -0.05) is 280 Å². The summed E-state index contributed by atoms with van der Waals surface area (Å²) in [4.78, 5) is 72.4. The number of ether oxygens (including phenoxy) is 4. The lowest BCUT2D eigenvalue weighted by molar-refractivity contribution is -0.161. The quantitative estimate of drug-likeness (QED) is 0.0222. The fourth-order valence-corrected chi connectivity index (χ4v) is 11.7. The fourth-order valence-electron chi connectivity index (χ4n) is 10.1. The molecule has 0 fully saturated rings. The summed E-state index contributed by atoms with van der Waals surface area (Å²) in [6, 6.07) is 0. The van der Waals surface area contributed by atoms with Crippen LogP contribution in [0.5, 0.6) is 0 Å². The molecule has 0 heterocycles. The Morgan fingerprint density at radius 3 is 0.816 bits per heavy atom. The summed E-state index contributed by atoms with van der Waals surface area (Å²) >= 11 is 0. The van der Waals surface area contributed by atoms with Gasteiger partial charge >= 0.3 is 39.5 Å². The van der Waals surface area contributed by atoms with E-state index in [0.717, 1.165) is 114 Å². The van der Waals surface area contributed by atoms with Crippen molar-refractivity contribution in [2.75, 3.05) is 39.6 Å². The van der Waals surface area contributed by atoms with Gasteiger partial charge in [0.2, 0.25) is 0 Å². The summed E-state index contributed by atoms with van der Waals surface area (Å²) in [6.45, 7) is 14.0. The van der Waals surface area contributed by atoms with Gasteiger partial charge in [-0.15, -0.1) is 0 Å². The van der Waals surface area contributed by atoms with Gasteiger partial charge in [0.15, 0.2) is 12.2 Å². The second-order valence-corrected chi connectivity index (χ2v) is 28.9. The normalized spacial score (nSPS) is 15.0. The molecule has 0 aromatic heterocycles. The summed E-state index contributed by atoms with van der Waals surface area (Å²) in [5.41, 5.74) is 0. The summed E-state index contributed by atoms with van der Waals surface area (Å²) in [5.74, 6) is 0.823. The molecule has 3 N–H and O–H groups in total. The van der Waals surface area contributed by atoms with Crippen molar-refractivity contribution >= 4 is 39.5 Å². The minimum Gasteiger partial charge on any atom is -0.462 e. The predicted molar refractivity (Wildman–Crippen MR) is 349 cm³/mol. The summed E-state index contributed by atoms with van der Waals surface area (Å²) < 4.78 is 68.1. The molecule has 0 aliphatic rings. The standard InChI is InChI=1S/C68H132O17P2/c1-9-60(7)46-38-30-21-18-19-23-34-42-50-67(72)84-63(54-78-65(70)48-40-32-22-17-15-13-11-12-14-16-20-28-36-44-58(3)4)56-82-86(74,75)80-52-62(69)53-81-87(76,77)83-57-64(55-79-66(71)49-41-33-26-24-29-37-45-59(5)6)85-68(73)51-43-35-27-25-31-39-47-61(8)10-2/h58-64,69H,9-57H2,1-8H3,(H,74,75)(H,76,77)/t60?,61?,62-,63-,64-/m1/s1. The van der Waals surface area contributed by atoms with Gasteiger partial charge in [-0.05, 0) is 49.4 Å². The largest absolute Gasteiger partial charge is 0.472 e. The molecular formula is C68H132O17P2. The summed E-state index contributed by atoms with van der Waals surface area (Å²) in [6.07, 6.45) is 39.1. The van der Waals surface area contributed by atoms with Crippen LogP contribution in [0.4, 0.5) is 0 Å². The monoisotopic (exact) mass is 1280 g/mol.